The molecule has 3 aromatic rings. The number of aliphatic hydroxyl groups excluding tert-OH is 1. The lowest BCUT2D eigenvalue weighted by Gasteiger charge is -2.37. The molecule has 4 rings (SSSR count). The Morgan fingerprint density at radius 3 is 2.50 bits per heavy atom. The first-order valence-corrected chi connectivity index (χ1v) is 10.9. The van der Waals surface area contributed by atoms with Crippen molar-refractivity contribution in [3.63, 3.8) is 0 Å². The Bertz CT molecular complexity index is 1100. The van der Waals surface area contributed by atoms with Gasteiger partial charge in [-0.2, -0.15) is 0 Å². The number of anilines is 1. The number of nitrogens with zero attached hydrogens (tertiary/aromatic N) is 4. The predicted octanol–water partition coefficient (Wildman–Crippen LogP) is 4.02. The molecule has 1 aliphatic rings. The minimum atomic E-state index is -0.946. The molecule has 0 spiro atoms. The van der Waals surface area contributed by atoms with Crippen LogP contribution in [0.15, 0.2) is 55.0 Å². The normalized spacial score (nSPS) is 15.0. The molecule has 1 saturated heterocycles. The average molecular weight is 455 g/mol. The summed E-state index contributed by atoms with van der Waals surface area (Å²) in [5.74, 6) is -0.532. The number of hydrogen-bond donors (Lipinski definition) is 1. The van der Waals surface area contributed by atoms with Gasteiger partial charge < -0.3 is 14.9 Å². The molecule has 0 bridgehead atoms. The van der Waals surface area contributed by atoms with Crippen molar-refractivity contribution in [1.29, 1.82) is 0 Å². The Labute approximate surface area is 191 Å². The SMILES string of the molecule is CC[C@H](O)C(=O)N1CCN(c2cnc(-c3ccc(F)cc3)c(-c3ccncc3Cl)c2)CC1. The van der Waals surface area contributed by atoms with Gasteiger partial charge in [0.2, 0.25) is 0 Å². The molecule has 1 amide bonds. The standard InChI is InChI=1S/C24H24ClFN4O2/c1-2-22(31)24(32)30-11-9-29(10-12-30)18-13-20(19-7-8-27-15-21(19)25)23(28-14-18)16-3-5-17(26)6-4-16/h3-8,13-15,22,31H,2,9-12H2,1H3/t22-/m0/s1. The van der Waals surface area contributed by atoms with Crippen molar-refractivity contribution in [2.45, 2.75) is 19.4 Å². The second-order valence-electron chi connectivity index (χ2n) is 7.69. The molecule has 0 saturated carbocycles. The molecule has 1 aromatic carbocycles. The third-order valence-corrected chi connectivity index (χ3v) is 5.98. The van der Waals surface area contributed by atoms with Gasteiger partial charge in [0.05, 0.1) is 22.6 Å². The Balaban J connectivity index is 1.65. The van der Waals surface area contributed by atoms with E-state index in [4.69, 9.17) is 16.6 Å². The topological polar surface area (TPSA) is 69.6 Å². The minimum Gasteiger partial charge on any atom is -0.383 e. The summed E-state index contributed by atoms with van der Waals surface area (Å²) in [4.78, 5) is 24.9. The van der Waals surface area contributed by atoms with E-state index < -0.39 is 6.10 Å². The van der Waals surface area contributed by atoms with E-state index in [0.29, 0.717) is 43.3 Å². The van der Waals surface area contributed by atoms with E-state index in [2.05, 4.69) is 9.88 Å². The third-order valence-electron chi connectivity index (χ3n) is 5.68. The van der Waals surface area contributed by atoms with E-state index >= 15 is 0 Å². The fraction of sp³-hybridized carbons (Fsp3) is 0.292. The van der Waals surface area contributed by atoms with Crippen LogP contribution in [0, 0.1) is 5.82 Å². The van der Waals surface area contributed by atoms with Gasteiger partial charge in [0, 0.05) is 55.3 Å². The number of aromatic nitrogens is 2. The molecule has 0 radical (unpaired) electrons. The van der Waals surface area contributed by atoms with Gasteiger partial charge in [0.15, 0.2) is 0 Å². The van der Waals surface area contributed by atoms with Crippen LogP contribution in [0.3, 0.4) is 0 Å². The quantitative estimate of drug-likeness (QED) is 0.630. The fourth-order valence-corrected chi connectivity index (χ4v) is 4.05. The maximum absolute atomic E-state index is 13.5. The molecule has 6 nitrogen and oxygen atoms in total. The summed E-state index contributed by atoms with van der Waals surface area (Å²) < 4.78 is 13.5. The molecule has 1 aliphatic heterocycles. The lowest BCUT2D eigenvalue weighted by Crippen LogP contribution is -2.51. The fourth-order valence-electron chi connectivity index (χ4n) is 3.83. The highest BCUT2D eigenvalue weighted by atomic mass is 35.5. The van der Waals surface area contributed by atoms with E-state index in [1.165, 1.54) is 12.1 Å². The molecule has 1 fully saturated rings. The second-order valence-corrected chi connectivity index (χ2v) is 8.10. The third kappa shape index (κ3) is 4.59. The largest absolute Gasteiger partial charge is 0.383 e. The Hall–Kier alpha value is -3.03. The van der Waals surface area contributed by atoms with Crippen LogP contribution in [0.2, 0.25) is 5.02 Å². The summed E-state index contributed by atoms with van der Waals surface area (Å²) in [6.45, 7) is 4.10. The first kappa shape index (κ1) is 22.2. The van der Waals surface area contributed by atoms with E-state index in [9.17, 15) is 14.3 Å². The molecular weight excluding hydrogens is 431 g/mol. The van der Waals surface area contributed by atoms with Crippen molar-refractivity contribution in [2.24, 2.45) is 0 Å². The molecule has 2 aromatic heterocycles. The van der Waals surface area contributed by atoms with Gasteiger partial charge in [-0.05, 0) is 42.8 Å². The predicted molar refractivity (Wildman–Crippen MR) is 123 cm³/mol. The number of aliphatic hydroxyl groups is 1. The number of hydrogen-bond acceptors (Lipinski definition) is 5. The van der Waals surface area contributed by atoms with Crippen molar-refractivity contribution in [3.8, 4) is 22.4 Å². The molecule has 1 N–H and O–H groups in total. The number of benzene rings is 1. The van der Waals surface area contributed by atoms with E-state index in [0.717, 1.165) is 22.4 Å². The number of piperazine rings is 1. The Kier molecular flexibility index (Phi) is 6.67. The molecule has 166 valence electrons. The van der Waals surface area contributed by atoms with Crippen molar-refractivity contribution in [2.75, 3.05) is 31.1 Å². The van der Waals surface area contributed by atoms with Gasteiger partial charge >= 0.3 is 0 Å². The zero-order valence-electron chi connectivity index (χ0n) is 17.7. The first-order valence-electron chi connectivity index (χ1n) is 10.6. The van der Waals surface area contributed by atoms with Crippen molar-refractivity contribution in [1.82, 2.24) is 14.9 Å². The van der Waals surface area contributed by atoms with Crippen LogP contribution in [0.25, 0.3) is 22.4 Å². The van der Waals surface area contributed by atoms with Crippen molar-refractivity contribution < 1.29 is 14.3 Å². The maximum Gasteiger partial charge on any atom is 0.251 e. The smallest absolute Gasteiger partial charge is 0.251 e. The lowest BCUT2D eigenvalue weighted by atomic mass is 9.99. The van der Waals surface area contributed by atoms with E-state index in [-0.39, 0.29) is 11.7 Å². The van der Waals surface area contributed by atoms with Crippen LogP contribution in [-0.2, 0) is 4.79 Å². The minimum absolute atomic E-state index is 0.221. The molecular formula is C24H24ClFN4O2. The Morgan fingerprint density at radius 2 is 1.84 bits per heavy atom. The van der Waals surface area contributed by atoms with Gasteiger partial charge in [-0.3, -0.25) is 14.8 Å². The van der Waals surface area contributed by atoms with Crippen molar-refractivity contribution in [3.05, 3.63) is 65.8 Å². The monoisotopic (exact) mass is 454 g/mol. The van der Waals surface area contributed by atoms with Gasteiger partial charge in [-0.15, -0.1) is 0 Å². The Morgan fingerprint density at radius 1 is 1.12 bits per heavy atom. The number of pyridine rings is 2. The number of amides is 1. The van der Waals surface area contributed by atoms with Gasteiger partial charge in [-0.1, -0.05) is 18.5 Å². The summed E-state index contributed by atoms with van der Waals surface area (Å²) in [5, 5.41) is 10.3. The molecule has 0 aliphatic carbocycles. The van der Waals surface area contributed by atoms with Crippen LogP contribution < -0.4 is 4.90 Å². The molecule has 1 atom stereocenters. The summed E-state index contributed by atoms with van der Waals surface area (Å²) in [6.07, 6.45) is 4.51. The highest BCUT2D eigenvalue weighted by Crippen LogP contribution is 2.36. The van der Waals surface area contributed by atoms with Crippen LogP contribution in [-0.4, -0.2) is 58.2 Å². The van der Waals surface area contributed by atoms with Crippen LogP contribution in [0.1, 0.15) is 13.3 Å². The molecule has 3 heterocycles. The highest BCUT2D eigenvalue weighted by Gasteiger charge is 2.26. The zero-order chi connectivity index (χ0) is 22.7. The highest BCUT2D eigenvalue weighted by molar-refractivity contribution is 6.33. The number of rotatable bonds is 5. The van der Waals surface area contributed by atoms with Crippen LogP contribution >= 0.6 is 11.6 Å². The average Bonchev–Trinajstić information content (AvgIpc) is 2.84. The number of carbonyl (C=O) groups excluding carboxylic acids is 1. The summed E-state index contributed by atoms with van der Waals surface area (Å²) in [6, 6.07) is 10.1. The van der Waals surface area contributed by atoms with Gasteiger partial charge in [0.1, 0.15) is 11.9 Å². The van der Waals surface area contributed by atoms with Crippen LogP contribution in [0.4, 0.5) is 10.1 Å². The van der Waals surface area contributed by atoms with E-state index in [1.807, 2.05) is 12.1 Å². The van der Waals surface area contributed by atoms with Crippen LogP contribution in [0.5, 0.6) is 0 Å². The maximum atomic E-state index is 13.5. The summed E-state index contributed by atoms with van der Waals surface area (Å²) in [5.41, 5.74) is 3.99. The molecule has 0 unspecified atom stereocenters. The van der Waals surface area contributed by atoms with Gasteiger partial charge in [-0.25, -0.2) is 4.39 Å². The first-order chi connectivity index (χ1) is 15.5. The van der Waals surface area contributed by atoms with Gasteiger partial charge in [0.25, 0.3) is 5.91 Å². The lowest BCUT2D eigenvalue weighted by molar-refractivity contribution is -0.140. The second kappa shape index (κ2) is 9.63. The van der Waals surface area contributed by atoms with Crippen molar-refractivity contribution >= 4 is 23.2 Å². The molecule has 32 heavy (non-hydrogen) atoms. The number of carbonyl (C=O) groups is 1. The number of halogens is 2. The summed E-state index contributed by atoms with van der Waals surface area (Å²) >= 11 is 6.45. The molecule has 8 heteroatoms. The zero-order valence-corrected chi connectivity index (χ0v) is 18.5. The van der Waals surface area contributed by atoms with E-state index in [1.54, 1.807) is 42.5 Å². The summed E-state index contributed by atoms with van der Waals surface area (Å²) in [7, 11) is 0.